The van der Waals surface area contributed by atoms with Crippen LogP contribution in [0.15, 0.2) is 23.1 Å². The lowest BCUT2D eigenvalue weighted by Crippen LogP contribution is -2.41. The van der Waals surface area contributed by atoms with Crippen molar-refractivity contribution < 1.29 is 9.31 Å². The number of thioether (sulfide) groups is 1. The Morgan fingerprint density at radius 3 is 2.60 bits per heavy atom. The van der Waals surface area contributed by atoms with E-state index in [0.717, 1.165) is 25.1 Å². The van der Waals surface area contributed by atoms with Crippen LogP contribution in [0.2, 0.25) is 0 Å². The molecule has 0 spiro atoms. The second-order valence-corrected chi connectivity index (χ2v) is 4.59. The van der Waals surface area contributed by atoms with Crippen molar-refractivity contribution in [3.63, 3.8) is 0 Å². The maximum atomic E-state index is 5.59. The lowest BCUT2D eigenvalue weighted by Gasteiger charge is -2.20. The molecule has 1 aliphatic rings. The van der Waals surface area contributed by atoms with Crippen LogP contribution in [0.3, 0.4) is 0 Å². The largest absolute Gasteiger partial charge is 0.493 e. The molecule has 1 aromatic rings. The minimum Gasteiger partial charge on any atom is -0.407 e. The summed E-state index contributed by atoms with van der Waals surface area (Å²) >= 11 is 1.75. The molecule has 0 aromatic heterocycles. The minimum atomic E-state index is -0.162. The van der Waals surface area contributed by atoms with E-state index in [9.17, 15) is 0 Å². The van der Waals surface area contributed by atoms with Gasteiger partial charge in [-0.3, -0.25) is 0 Å². The van der Waals surface area contributed by atoms with Crippen LogP contribution in [0.5, 0.6) is 0 Å². The van der Waals surface area contributed by atoms with Crippen molar-refractivity contribution in [2.24, 2.45) is 0 Å². The van der Waals surface area contributed by atoms with Crippen molar-refractivity contribution in [2.75, 3.05) is 19.5 Å². The zero-order valence-corrected chi connectivity index (χ0v) is 9.97. The van der Waals surface area contributed by atoms with Crippen molar-refractivity contribution >= 4 is 24.3 Å². The third kappa shape index (κ3) is 2.77. The van der Waals surface area contributed by atoms with Gasteiger partial charge in [0.05, 0.1) is 0 Å². The Bertz CT molecular complexity index is 337. The summed E-state index contributed by atoms with van der Waals surface area (Å²) < 4.78 is 11.2. The van der Waals surface area contributed by atoms with E-state index < -0.39 is 0 Å². The van der Waals surface area contributed by atoms with Gasteiger partial charge in [-0.15, -0.1) is 11.8 Å². The predicted octanol–water partition coefficient (Wildman–Crippen LogP) is 1.85. The molecule has 1 fully saturated rings. The molecule has 1 aromatic carbocycles. The summed E-state index contributed by atoms with van der Waals surface area (Å²) in [6.07, 6.45) is 3.08. The molecule has 15 heavy (non-hydrogen) atoms. The summed E-state index contributed by atoms with van der Waals surface area (Å²) in [4.78, 5) is 1.27. The summed E-state index contributed by atoms with van der Waals surface area (Å²) in [5, 5.41) is 0. The summed E-state index contributed by atoms with van der Waals surface area (Å²) in [7, 11) is -0.162. The molecule has 1 heterocycles. The molecular weight excluding hydrogens is 207 g/mol. The number of hydrogen-bond donors (Lipinski definition) is 0. The number of aryl methyl sites for hydroxylation is 1. The molecule has 0 atom stereocenters. The highest BCUT2D eigenvalue weighted by molar-refractivity contribution is 7.98. The van der Waals surface area contributed by atoms with Crippen LogP contribution in [-0.2, 0) is 9.31 Å². The van der Waals surface area contributed by atoms with Crippen LogP contribution in [0.25, 0.3) is 0 Å². The van der Waals surface area contributed by atoms with Crippen molar-refractivity contribution in [1.82, 2.24) is 0 Å². The maximum absolute atomic E-state index is 5.59. The maximum Gasteiger partial charge on any atom is 0.493 e. The predicted molar refractivity (Wildman–Crippen MR) is 64.9 cm³/mol. The van der Waals surface area contributed by atoms with Gasteiger partial charge >= 0.3 is 7.12 Å². The number of rotatable bonds is 2. The molecule has 0 N–H and O–H groups in total. The van der Waals surface area contributed by atoms with Gasteiger partial charge in [-0.1, -0.05) is 11.6 Å². The number of hydrogen-bond acceptors (Lipinski definition) is 3. The van der Waals surface area contributed by atoms with Crippen molar-refractivity contribution in [3.05, 3.63) is 23.8 Å². The summed E-state index contributed by atoms with van der Waals surface area (Å²) in [6.45, 7) is 3.70. The molecule has 80 valence electrons. The van der Waals surface area contributed by atoms with Gasteiger partial charge < -0.3 is 9.31 Å². The Balaban J connectivity index is 2.22. The standard InChI is InChI=1S/C11H15BO2S/c1-9-6-10(8-11(7-9)15-2)12-13-4-3-5-14-12/h6-8H,3-5H2,1-2H3. The van der Waals surface area contributed by atoms with Crippen LogP contribution in [0.4, 0.5) is 0 Å². The Morgan fingerprint density at radius 2 is 1.93 bits per heavy atom. The molecule has 0 aliphatic carbocycles. The Morgan fingerprint density at radius 1 is 1.20 bits per heavy atom. The lowest BCUT2D eigenvalue weighted by atomic mass is 9.77. The minimum absolute atomic E-state index is 0.162. The van der Waals surface area contributed by atoms with Crippen LogP contribution in [-0.4, -0.2) is 26.6 Å². The van der Waals surface area contributed by atoms with Crippen molar-refractivity contribution in [2.45, 2.75) is 18.2 Å². The summed E-state index contributed by atoms with van der Waals surface area (Å²) in [5.74, 6) is 0. The van der Waals surface area contributed by atoms with Gasteiger partial charge in [-0.05, 0) is 37.2 Å². The number of benzene rings is 1. The lowest BCUT2D eigenvalue weighted by molar-refractivity contribution is 0.143. The second kappa shape index (κ2) is 5.06. The normalized spacial score (nSPS) is 16.8. The molecule has 0 unspecified atom stereocenters. The van der Waals surface area contributed by atoms with E-state index in [0.29, 0.717) is 0 Å². The molecule has 0 bridgehead atoms. The fraction of sp³-hybridized carbons (Fsp3) is 0.455. The average Bonchev–Trinajstić information content (AvgIpc) is 2.29. The van der Waals surface area contributed by atoms with E-state index in [1.54, 1.807) is 11.8 Å². The Kier molecular flexibility index (Phi) is 3.73. The quantitative estimate of drug-likeness (QED) is 0.562. The monoisotopic (exact) mass is 222 g/mol. The molecule has 0 amide bonds. The molecule has 4 heteroatoms. The zero-order valence-electron chi connectivity index (χ0n) is 9.16. The van der Waals surface area contributed by atoms with Crippen LogP contribution < -0.4 is 5.46 Å². The fourth-order valence-electron chi connectivity index (χ4n) is 1.71. The molecule has 2 nitrogen and oxygen atoms in total. The highest BCUT2D eigenvalue weighted by atomic mass is 32.2. The third-order valence-corrected chi connectivity index (χ3v) is 3.12. The molecule has 1 saturated heterocycles. The van der Waals surface area contributed by atoms with E-state index in [1.807, 2.05) is 0 Å². The van der Waals surface area contributed by atoms with E-state index >= 15 is 0 Å². The highest BCUT2D eigenvalue weighted by Gasteiger charge is 2.24. The first kappa shape index (κ1) is 11.1. The van der Waals surface area contributed by atoms with Crippen LogP contribution in [0, 0.1) is 6.92 Å². The molecular formula is C11H15BO2S. The van der Waals surface area contributed by atoms with Gasteiger partial charge in [0.25, 0.3) is 0 Å². The van der Waals surface area contributed by atoms with Crippen molar-refractivity contribution in [1.29, 1.82) is 0 Å². The van der Waals surface area contributed by atoms with E-state index in [1.165, 1.54) is 10.5 Å². The topological polar surface area (TPSA) is 18.5 Å². The first-order chi connectivity index (χ1) is 7.29. The van der Waals surface area contributed by atoms with Gasteiger partial charge in [-0.2, -0.15) is 0 Å². The summed E-state index contributed by atoms with van der Waals surface area (Å²) in [5.41, 5.74) is 2.40. The van der Waals surface area contributed by atoms with Crippen LogP contribution in [0.1, 0.15) is 12.0 Å². The second-order valence-electron chi connectivity index (χ2n) is 3.71. The van der Waals surface area contributed by atoms with Gasteiger partial charge in [-0.25, -0.2) is 0 Å². The SMILES string of the molecule is CSc1cc(C)cc(B2OCCCO2)c1. The van der Waals surface area contributed by atoms with Gasteiger partial charge in [0.1, 0.15) is 0 Å². The first-order valence-electron chi connectivity index (χ1n) is 5.18. The molecule has 0 saturated carbocycles. The van der Waals surface area contributed by atoms with Crippen LogP contribution >= 0.6 is 11.8 Å². The third-order valence-electron chi connectivity index (χ3n) is 2.41. The molecule has 2 rings (SSSR count). The summed E-state index contributed by atoms with van der Waals surface area (Å²) in [6, 6.07) is 6.46. The van der Waals surface area contributed by atoms with E-state index in [4.69, 9.17) is 9.31 Å². The van der Waals surface area contributed by atoms with Gasteiger partial charge in [0.2, 0.25) is 0 Å². The zero-order chi connectivity index (χ0) is 10.7. The smallest absolute Gasteiger partial charge is 0.407 e. The average molecular weight is 222 g/mol. The Hall–Kier alpha value is -0.445. The Labute approximate surface area is 95.5 Å². The fourth-order valence-corrected chi connectivity index (χ4v) is 2.27. The van der Waals surface area contributed by atoms with E-state index in [-0.39, 0.29) is 7.12 Å². The van der Waals surface area contributed by atoms with E-state index in [2.05, 4.69) is 31.4 Å². The van der Waals surface area contributed by atoms with Gasteiger partial charge in [0.15, 0.2) is 0 Å². The molecule has 0 radical (unpaired) electrons. The first-order valence-corrected chi connectivity index (χ1v) is 6.41. The highest BCUT2D eigenvalue weighted by Crippen LogP contribution is 2.15. The van der Waals surface area contributed by atoms with Gasteiger partial charge in [0, 0.05) is 18.1 Å². The van der Waals surface area contributed by atoms with Crippen molar-refractivity contribution in [3.8, 4) is 0 Å². The molecule has 1 aliphatic heterocycles.